The van der Waals surface area contributed by atoms with Crippen molar-refractivity contribution in [2.24, 2.45) is 5.73 Å². The number of fused-ring (bicyclic) bond motifs is 1. The Morgan fingerprint density at radius 3 is 3.11 bits per heavy atom. The molecule has 0 spiro atoms. The molecule has 0 radical (unpaired) electrons. The van der Waals surface area contributed by atoms with Crippen LogP contribution >= 0.6 is 11.3 Å². The minimum absolute atomic E-state index is 0.121. The van der Waals surface area contributed by atoms with Crippen molar-refractivity contribution in [3.63, 3.8) is 0 Å². The Kier molecular flexibility index (Phi) is 3.98. The summed E-state index contributed by atoms with van der Waals surface area (Å²) in [6.45, 7) is -0.121. The summed E-state index contributed by atoms with van der Waals surface area (Å²) in [4.78, 5) is 23.9. The number of aliphatic hydroxyl groups excluding tert-OH is 1. The van der Waals surface area contributed by atoms with Crippen molar-refractivity contribution in [3.05, 3.63) is 21.9 Å². The zero-order valence-electron chi connectivity index (χ0n) is 9.89. The van der Waals surface area contributed by atoms with Crippen LogP contribution in [-0.4, -0.2) is 29.6 Å². The first-order valence-electron chi connectivity index (χ1n) is 5.91. The standard InChI is InChI=1S/C12H16N2O3S/c13-11(16)9(15)6-14-12(17)8-2-1-3-10-7(8)4-5-18-10/h4-5,8-9,15H,1-3,6H2,(H2,13,16)(H,14,17). The second-order valence-corrected chi connectivity index (χ2v) is 5.41. The number of hydrogen-bond acceptors (Lipinski definition) is 4. The van der Waals surface area contributed by atoms with Crippen molar-refractivity contribution in [1.82, 2.24) is 5.32 Å². The number of hydrogen-bond donors (Lipinski definition) is 3. The molecule has 6 heteroatoms. The van der Waals surface area contributed by atoms with E-state index >= 15 is 0 Å². The minimum atomic E-state index is -1.32. The van der Waals surface area contributed by atoms with Gasteiger partial charge in [-0.3, -0.25) is 9.59 Å². The maximum atomic E-state index is 12.0. The Morgan fingerprint density at radius 1 is 1.61 bits per heavy atom. The summed E-state index contributed by atoms with van der Waals surface area (Å²) in [6, 6.07) is 1.98. The van der Waals surface area contributed by atoms with E-state index in [9.17, 15) is 14.7 Å². The fraction of sp³-hybridized carbons (Fsp3) is 0.500. The topological polar surface area (TPSA) is 92.4 Å². The second-order valence-electron chi connectivity index (χ2n) is 4.41. The third kappa shape index (κ3) is 2.70. The molecule has 1 heterocycles. The van der Waals surface area contributed by atoms with Gasteiger partial charge >= 0.3 is 0 Å². The van der Waals surface area contributed by atoms with E-state index in [1.54, 1.807) is 11.3 Å². The molecular weight excluding hydrogens is 252 g/mol. The summed E-state index contributed by atoms with van der Waals surface area (Å²) in [5, 5.41) is 13.8. The smallest absolute Gasteiger partial charge is 0.248 e. The van der Waals surface area contributed by atoms with E-state index in [4.69, 9.17) is 5.73 Å². The summed E-state index contributed by atoms with van der Waals surface area (Å²) in [6.07, 6.45) is 1.51. The van der Waals surface area contributed by atoms with Crippen molar-refractivity contribution in [1.29, 1.82) is 0 Å². The number of nitrogens with one attached hydrogen (secondary N) is 1. The molecule has 0 saturated heterocycles. The minimum Gasteiger partial charge on any atom is -0.381 e. The Bertz CT molecular complexity index is 458. The number of carbonyl (C=O) groups is 2. The molecule has 5 nitrogen and oxygen atoms in total. The lowest BCUT2D eigenvalue weighted by atomic mass is 9.87. The molecule has 0 aliphatic heterocycles. The zero-order chi connectivity index (χ0) is 13.1. The van der Waals surface area contributed by atoms with Crippen molar-refractivity contribution in [2.45, 2.75) is 31.3 Å². The average molecular weight is 268 g/mol. The molecule has 98 valence electrons. The van der Waals surface area contributed by atoms with Crippen LogP contribution in [0.4, 0.5) is 0 Å². The number of primary amides is 1. The van der Waals surface area contributed by atoms with Crippen LogP contribution in [0.2, 0.25) is 0 Å². The number of rotatable bonds is 4. The van der Waals surface area contributed by atoms with Gasteiger partial charge in [0.25, 0.3) is 0 Å². The first-order chi connectivity index (χ1) is 8.59. The van der Waals surface area contributed by atoms with E-state index in [1.807, 2.05) is 11.4 Å². The molecular formula is C12H16N2O3S. The summed E-state index contributed by atoms with van der Waals surface area (Å²) in [5.41, 5.74) is 6.00. The molecule has 0 saturated carbocycles. The lowest BCUT2D eigenvalue weighted by Crippen LogP contribution is -2.41. The van der Waals surface area contributed by atoms with Crippen LogP contribution in [-0.2, 0) is 16.0 Å². The van der Waals surface area contributed by atoms with Gasteiger partial charge in [0.05, 0.1) is 12.5 Å². The molecule has 18 heavy (non-hydrogen) atoms. The largest absolute Gasteiger partial charge is 0.381 e. The first-order valence-corrected chi connectivity index (χ1v) is 6.79. The lowest BCUT2D eigenvalue weighted by molar-refractivity contribution is -0.127. The summed E-state index contributed by atoms with van der Waals surface area (Å²) < 4.78 is 0. The van der Waals surface area contributed by atoms with E-state index in [0.717, 1.165) is 24.8 Å². The highest BCUT2D eigenvalue weighted by Gasteiger charge is 2.27. The van der Waals surface area contributed by atoms with Crippen molar-refractivity contribution in [2.75, 3.05) is 6.54 Å². The van der Waals surface area contributed by atoms with Crippen molar-refractivity contribution in [3.8, 4) is 0 Å². The monoisotopic (exact) mass is 268 g/mol. The van der Waals surface area contributed by atoms with Crippen LogP contribution in [0.15, 0.2) is 11.4 Å². The summed E-state index contributed by atoms with van der Waals surface area (Å²) in [7, 11) is 0. The van der Waals surface area contributed by atoms with Gasteiger partial charge in [-0.1, -0.05) is 0 Å². The predicted molar refractivity (Wildman–Crippen MR) is 68.2 cm³/mol. The summed E-state index contributed by atoms with van der Waals surface area (Å²) >= 11 is 1.67. The number of aryl methyl sites for hydroxylation is 1. The molecule has 1 aromatic heterocycles. The Balaban J connectivity index is 1.97. The fourth-order valence-electron chi connectivity index (χ4n) is 2.18. The van der Waals surface area contributed by atoms with Gasteiger partial charge in [-0.2, -0.15) is 0 Å². The van der Waals surface area contributed by atoms with E-state index < -0.39 is 12.0 Å². The number of amides is 2. The molecule has 2 amide bonds. The molecule has 4 N–H and O–H groups in total. The molecule has 2 atom stereocenters. The molecule has 0 fully saturated rings. The fourth-order valence-corrected chi connectivity index (χ4v) is 3.17. The van der Waals surface area contributed by atoms with Crippen LogP contribution in [0.1, 0.15) is 29.2 Å². The van der Waals surface area contributed by atoms with Gasteiger partial charge in [0.2, 0.25) is 11.8 Å². The van der Waals surface area contributed by atoms with E-state index in [2.05, 4.69) is 5.32 Å². The van der Waals surface area contributed by atoms with Gasteiger partial charge in [-0.05, 0) is 36.3 Å². The normalized spacial score (nSPS) is 19.9. The van der Waals surface area contributed by atoms with Gasteiger partial charge in [-0.15, -0.1) is 11.3 Å². The Labute approximate surface area is 109 Å². The molecule has 1 aliphatic rings. The lowest BCUT2D eigenvalue weighted by Gasteiger charge is -2.22. The molecule has 0 aromatic carbocycles. The maximum Gasteiger partial charge on any atom is 0.248 e. The van der Waals surface area contributed by atoms with Crippen LogP contribution < -0.4 is 11.1 Å². The average Bonchev–Trinajstić information content (AvgIpc) is 2.83. The van der Waals surface area contributed by atoms with E-state index in [1.165, 1.54) is 4.88 Å². The maximum absolute atomic E-state index is 12.0. The third-order valence-electron chi connectivity index (χ3n) is 3.17. The number of nitrogens with two attached hydrogens (primary N) is 1. The highest BCUT2D eigenvalue weighted by Crippen LogP contribution is 2.34. The Hall–Kier alpha value is -1.40. The van der Waals surface area contributed by atoms with Gasteiger partial charge in [0, 0.05) is 4.88 Å². The van der Waals surface area contributed by atoms with Gasteiger partial charge < -0.3 is 16.2 Å². The van der Waals surface area contributed by atoms with E-state index in [-0.39, 0.29) is 18.4 Å². The van der Waals surface area contributed by atoms with Crippen LogP contribution in [0, 0.1) is 0 Å². The van der Waals surface area contributed by atoms with Crippen LogP contribution in [0.5, 0.6) is 0 Å². The first kappa shape index (κ1) is 13.0. The third-order valence-corrected chi connectivity index (χ3v) is 4.16. The number of thiophene rings is 1. The predicted octanol–water partition coefficient (Wildman–Crippen LogP) is 0.130. The zero-order valence-corrected chi connectivity index (χ0v) is 10.7. The number of carbonyl (C=O) groups excluding carboxylic acids is 2. The van der Waals surface area contributed by atoms with Gasteiger partial charge in [0.15, 0.2) is 0 Å². The quantitative estimate of drug-likeness (QED) is 0.724. The summed E-state index contributed by atoms with van der Waals surface area (Å²) in [5.74, 6) is -1.13. The number of aliphatic hydroxyl groups is 1. The molecule has 2 unspecified atom stereocenters. The molecule has 2 rings (SSSR count). The van der Waals surface area contributed by atoms with Crippen molar-refractivity contribution < 1.29 is 14.7 Å². The van der Waals surface area contributed by atoms with Crippen LogP contribution in [0.25, 0.3) is 0 Å². The highest BCUT2D eigenvalue weighted by molar-refractivity contribution is 7.10. The molecule has 1 aromatic rings. The van der Waals surface area contributed by atoms with Gasteiger partial charge in [0.1, 0.15) is 6.10 Å². The highest BCUT2D eigenvalue weighted by atomic mass is 32.1. The van der Waals surface area contributed by atoms with E-state index in [0.29, 0.717) is 0 Å². The molecule has 0 bridgehead atoms. The second kappa shape index (κ2) is 5.49. The van der Waals surface area contributed by atoms with Gasteiger partial charge in [-0.25, -0.2) is 0 Å². The Morgan fingerprint density at radius 2 is 2.39 bits per heavy atom. The molecule has 1 aliphatic carbocycles. The van der Waals surface area contributed by atoms with Crippen molar-refractivity contribution >= 4 is 23.2 Å². The SMILES string of the molecule is NC(=O)C(O)CNC(=O)C1CCCc2sccc21. The van der Waals surface area contributed by atoms with Crippen LogP contribution in [0.3, 0.4) is 0 Å².